The van der Waals surface area contributed by atoms with Crippen LogP contribution in [0.1, 0.15) is 16.8 Å². The van der Waals surface area contributed by atoms with Crippen LogP contribution in [-0.4, -0.2) is 27.0 Å². The van der Waals surface area contributed by atoms with Crippen LogP contribution in [0.5, 0.6) is 0 Å². The normalized spacial score (nSPS) is 15.2. The van der Waals surface area contributed by atoms with Crippen molar-refractivity contribution in [3.63, 3.8) is 0 Å². The van der Waals surface area contributed by atoms with Gasteiger partial charge in [0.1, 0.15) is 11.9 Å². The van der Waals surface area contributed by atoms with Gasteiger partial charge in [-0.1, -0.05) is 24.3 Å². The van der Waals surface area contributed by atoms with Crippen LogP contribution in [0.2, 0.25) is 0 Å². The molecule has 1 aliphatic rings. The molecule has 4 aromatic rings. The van der Waals surface area contributed by atoms with E-state index in [0.717, 1.165) is 11.1 Å². The Balaban J connectivity index is 1.43. The number of aromatic nitrogens is 1. The molecule has 0 amide bonds. The third-order valence-corrected chi connectivity index (χ3v) is 5.59. The van der Waals surface area contributed by atoms with Crippen molar-refractivity contribution in [1.82, 2.24) is 9.88 Å². The van der Waals surface area contributed by atoms with E-state index < -0.39 is 12.0 Å². The van der Waals surface area contributed by atoms with Gasteiger partial charge in [0.15, 0.2) is 0 Å². The van der Waals surface area contributed by atoms with E-state index in [1.165, 1.54) is 34.0 Å². The van der Waals surface area contributed by atoms with Gasteiger partial charge < -0.3 is 10.1 Å². The largest absolute Gasteiger partial charge is 0.480 e. The van der Waals surface area contributed by atoms with E-state index in [4.69, 9.17) is 0 Å². The first-order valence-corrected chi connectivity index (χ1v) is 9.31. The number of nitrogens with zero attached hydrogens (tertiary/aromatic N) is 1. The van der Waals surface area contributed by atoms with Crippen molar-refractivity contribution in [2.24, 2.45) is 0 Å². The van der Waals surface area contributed by atoms with E-state index in [-0.39, 0.29) is 5.82 Å². The van der Waals surface area contributed by atoms with Crippen LogP contribution < -0.4 is 0 Å². The maximum atomic E-state index is 13.4. The summed E-state index contributed by atoms with van der Waals surface area (Å²) in [5.74, 6) is -1.15. The molecule has 4 nitrogen and oxygen atoms in total. The Morgan fingerprint density at radius 2 is 1.68 bits per heavy atom. The van der Waals surface area contributed by atoms with Gasteiger partial charge in [-0.15, -0.1) is 0 Å². The lowest BCUT2D eigenvalue weighted by Gasteiger charge is -2.23. The van der Waals surface area contributed by atoms with Gasteiger partial charge in [-0.05, 0) is 63.7 Å². The number of aromatic amines is 1. The average Bonchev–Trinajstić information content (AvgIpc) is 3.26. The molecule has 3 aromatic carbocycles. The Labute approximate surface area is 161 Å². The van der Waals surface area contributed by atoms with E-state index >= 15 is 0 Å². The number of fused-ring (bicyclic) bond motifs is 3. The molecule has 2 N–H and O–H groups in total. The van der Waals surface area contributed by atoms with Crippen LogP contribution >= 0.6 is 0 Å². The first-order chi connectivity index (χ1) is 13.6. The minimum absolute atomic E-state index is 0.308. The highest BCUT2D eigenvalue weighted by molar-refractivity contribution is 5.84. The smallest absolute Gasteiger partial charge is 0.321 e. The number of carbonyl (C=O) groups is 1. The molecule has 1 atom stereocenters. The number of carboxylic acids is 1. The van der Waals surface area contributed by atoms with E-state index in [2.05, 4.69) is 29.2 Å². The molecular formula is C23H19FN2O2. The summed E-state index contributed by atoms with van der Waals surface area (Å²) in [4.78, 5) is 17.2. The highest BCUT2D eigenvalue weighted by atomic mass is 19.1. The van der Waals surface area contributed by atoms with Crippen molar-refractivity contribution in [2.45, 2.75) is 25.6 Å². The molecule has 0 radical (unpaired) electrons. The fourth-order valence-electron chi connectivity index (χ4n) is 4.19. The number of halogens is 1. The molecule has 5 heteroatoms. The van der Waals surface area contributed by atoms with Crippen LogP contribution in [0.25, 0.3) is 21.7 Å². The summed E-state index contributed by atoms with van der Waals surface area (Å²) < 4.78 is 13.4. The van der Waals surface area contributed by atoms with Gasteiger partial charge in [0, 0.05) is 30.7 Å². The molecule has 28 heavy (non-hydrogen) atoms. The Kier molecular flexibility index (Phi) is 3.91. The van der Waals surface area contributed by atoms with Gasteiger partial charge >= 0.3 is 5.97 Å². The predicted octanol–water partition coefficient (Wildman–Crippen LogP) is 4.47. The van der Waals surface area contributed by atoms with Gasteiger partial charge in [-0.25, -0.2) is 4.39 Å². The number of hydrogen-bond donors (Lipinski definition) is 2. The number of hydrogen-bond acceptors (Lipinski definition) is 2. The van der Waals surface area contributed by atoms with Crippen molar-refractivity contribution in [1.29, 1.82) is 0 Å². The Hall–Kier alpha value is -3.18. The highest BCUT2D eigenvalue weighted by Crippen LogP contribution is 2.30. The third-order valence-electron chi connectivity index (χ3n) is 5.59. The number of carboxylic acid groups (broad SMARTS) is 1. The molecule has 0 spiro atoms. The minimum Gasteiger partial charge on any atom is -0.480 e. The summed E-state index contributed by atoms with van der Waals surface area (Å²) in [6, 6.07) is 18.3. The van der Waals surface area contributed by atoms with E-state index in [1.807, 2.05) is 23.1 Å². The topological polar surface area (TPSA) is 56.3 Å². The molecule has 0 saturated carbocycles. The van der Waals surface area contributed by atoms with Crippen molar-refractivity contribution in [3.8, 4) is 0 Å². The molecule has 1 aliphatic heterocycles. The van der Waals surface area contributed by atoms with Gasteiger partial charge in [-0.3, -0.25) is 9.69 Å². The second-order valence-corrected chi connectivity index (χ2v) is 7.46. The zero-order valence-corrected chi connectivity index (χ0v) is 15.2. The van der Waals surface area contributed by atoms with Crippen molar-refractivity contribution < 1.29 is 14.3 Å². The van der Waals surface area contributed by atoms with Gasteiger partial charge in [0.2, 0.25) is 0 Å². The number of aliphatic carboxylic acids is 1. The van der Waals surface area contributed by atoms with Crippen LogP contribution in [0.3, 0.4) is 0 Å². The number of H-pyrrole nitrogens is 1. The Morgan fingerprint density at radius 1 is 1.00 bits per heavy atom. The fraction of sp³-hybridized carbons (Fsp3) is 0.174. The predicted molar refractivity (Wildman–Crippen MR) is 107 cm³/mol. The summed E-state index contributed by atoms with van der Waals surface area (Å²) >= 11 is 0. The minimum atomic E-state index is -0.845. The zero-order chi connectivity index (χ0) is 19.3. The first kappa shape index (κ1) is 17.0. The van der Waals surface area contributed by atoms with Crippen molar-refractivity contribution in [2.75, 3.05) is 0 Å². The Bertz CT molecular complexity index is 1170. The van der Waals surface area contributed by atoms with E-state index in [1.54, 1.807) is 6.07 Å². The Morgan fingerprint density at radius 3 is 2.32 bits per heavy atom. The van der Waals surface area contributed by atoms with Crippen LogP contribution in [0.4, 0.5) is 4.39 Å². The molecule has 0 bridgehead atoms. The molecule has 140 valence electrons. The summed E-state index contributed by atoms with van der Waals surface area (Å²) in [6.45, 7) is 1.23. The van der Waals surface area contributed by atoms with Crippen molar-refractivity contribution in [3.05, 3.63) is 83.3 Å². The van der Waals surface area contributed by atoms with Crippen LogP contribution in [-0.2, 0) is 24.3 Å². The van der Waals surface area contributed by atoms with Gasteiger partial charge in [0.05, 0.1) is 0 Å². The maximum absolute atomic E-state index is 13.4. The molecule has 2 heterocycles. The molecule has 0 unspecified atom stereocenters. The highest BCUT2D eigenvalue weighted by Gasteiger charge is 2.31. The third kappa shape index (κ3) is 2.94. The van der Waals surface area contributed by atoms with E-state index in [0.29, 0.717) is 25.0 Å². The number of benzene rings is 3. The molecule has 1 aromatic heterocycles. The number of rotatable bonds is 4. The molecular weight excluding hydrogens is 355 g/mol. The van der Waals surface area contributed by atoms with Crippen molar-refractivity contribution >= 4 is 27.6 Å². The summed E-state index contributed by atoms with van der Waals surface area (Å²) in [5.41, 5.74) is 3.86. The second-order valence-electron chi connectivity index (χ2n) is 7.46. The second kappa shape index (κ2) is 6.46. The fourth-order valence-corrected chi connectivity index (χ4v) is 4.19. The van der Waals surface area contributed by atoms with Crippen LogP contribution in [0.15, 0.2) is 60.7 Å². The SMILES string of the molecule is O=C(O)[C@@H](Cc1cc2ccc(F)cc2[nH]1)N1Cc2cc3ccccc3cc2C1. The quantitative estimate of drug-likeness (QED) is 0.554. The molecule has 0 aliphatic carbocycles. The lowest BCUT2D eigenvalue weighted by molar-refractivity contribution is -0.143. The number of nitrogens with one attached hydrogen (secondary N) is 1. The zero-order valence-electron chi connectivity index (χ0n) is 15.2. The van der Waals surface area contributed by atoms with Crippen LogP contribution in [0, 0.1) is 5.82 Å². The van der Waals surface area contributed by atoms with Gasteiger partial charge in [-0.2, -0.15) is 0 Å². The molecule has 5 rings (SSSR count). The van der Waals surface area contributed by atoms with E-state index in [9.17, 15) is 14.3 Å². The summed E-state index contributed by atoms with van der Waals surface area (Å²) in [5, 5.41) is 13.1. The molecule has 0 fully saturated rings. The average molecular weight is 374 g/mol. The summed E-state index contributed by atoms with van der Waals surface area (Å²) in [6.07, 6.45) is 0.346. The summed E-state index contributed by atoms with van der Waals surface area (Å²) in [7, 11) is 0. The standard InChI is InChI=1S/C23H19FN2O2/c24-19-6-5-16-9-20(25-21(16)10-19)11-22(23(27)28)26-12-17-7-14-3-1-2-4-15(14)8-18(17)13-26/h1-10,22,25H,11-13H2,(H,27,28)/t22-/m1/s1. The lowest BCUT2D eigenvalue weighted by atomic mass is 10.0. The first-order valence-electron chi connectivity index (χ1n) is 9.31. The van der Waals surface area contributed by atoms with Gasteiger partial charge in [0.25, 0.3) is 0 Å². The monoisotopic (exact) mass is 374 g/mol. The lowest BCUT2D eigenvalue weighted by Crippen LogP contribution is -2.39. The maximum Gasteiger partial charge on any atom is 0.321 e. The molecule has 0 saturated heterocycles.